The minimum Gasteiger partial charge on any atom is -0.310 e. The summed E-state index contributed by atoms with van der Waals surface area (Å²) >= 11 is 3.48. The van der Waals surface area contributed by atoms with Crippen molar-refractivity contribution in [1.29, 1.82) is 0 Å². The Morgan fingerprint density at radius 2 is 2.25 bits per heavy atom. The van der Waals surface area contributed by atoms with E-state index in [9.17, 15) is 0 Å². The maximum atomic E-state index is 4.49. The van der Waals surface area contributed by atoms with Gasteiger partial charge >= 0.3 is 0 Å². The Morgan fingerprint density at radius 3 is 3.05 bits per heavy atom. The minimum absolute atomic E-state index is 0.315. The largest absolute Gasteiger partial charge is 0.310 e. The van der Waals surface area contributed by atoms with Gasteiger partial charge in [0.15, 0.2) is 0 Å². The van der Waals surface area contributed by atoms with Crippen LogP contribution in [0.1, 0.15) is 29.2 Å². The van der Waals surface area contributed by atoms with Gasteiger partial charge < -0.3 is 5.32 Å². The summed E-state index contributed by atoms with van der Waals surface area (Å²) in [6.07, 6.45) is 2.96. The fraction of sp³-hybridized carbons (Fsp3) is 0.333. The quantitative estimate of drug-likeness (QED) is 0.775. The molecule has 0 aromatic carbocycles. The van der Waals surface area contributed by atoms with Crippen molar-refractivity contribution in [3.63, 3.8) is 0 Å². The third kappa shape index (κ3) is 3.06. The Labute approximate surface area is 126 Å². The first kappa shape index (κ1) is 13.7. The van der Waals surface area contributed by atoms with E-state index in [1.807, 2.05) is 13.1 Å². The van der Waals surface area contributed by atoms with Gasteiger partial charge in [-0.3, -0.25) is 4.98 Å². The normalized spacial score (nSPS) is 12.9. The zero-order chi connectivity index (χ0) is 13.9. The number of rotatable bonds is 5. The van der Waals surface area contributed by atoms with E-state index in [2.05, 4.69) is 45.1 Å². The van der Waals surface area contributed by atoms with Gasteiger partial charge in [0.1, 0.15) is 0 Å². The second-order valence-electron chi connectivity index (χ2n) is 4.88. The Morgan fingerprint density at radius 1 is 1.35 bits per heavy atom. The fourth-order valence-corrected chi connectivity index (χ4v) is 3.69. The second kappa shape index (κ2) is 5.99. The molecule has 3 aromatic rings. The van der Waals surface area contributed by atoms with Gasteiger partial charge in [0.05, 0.1) is 15.2 Å². The van der Waals surface area contributed by atoms with Gasteiger partial charge in [-0.15, -0.1) is 22.7 Å². The molecule has 3 rings (SSSR count). The number of thiazole rings is 1. The molecule has 0 saturated heterocycles. The van der Waals surface area contributed by atoms with Gasteiger partial charge in [0.25, 0.3) is 0 Å². The number of aryl methyl sites for hydroxylation is 1. The molecule has 0 aliphatic carbocycles. The number of thiophene rings is 1. The summed E-state index contributed by atoms with van der Waals surface area (Å²) in [6, 6.07) is 4.61. The Balaban J connectivity index is 1.59. The van der Waals surface area contributed by atoms with Crippen LogP contribution in [0.25, 0.3) is 10.2 Å². The SMILES string of the molecule is Cc1csc(CCNC(C)c2cnc3ccsc3c2)n1. The molecule has 3 nitrogen and oxygen atoms in total. The van der Waals surface area contributed by atoms with E-state index in [1.165, 1.54) is 15.3 Å². The molecule has 0 amide bonds. The van der Waals surface area contributed by atoms with Crippen LogP contribution in [0.5, 0.6) is 0 Å². The maximum Gasteiger partial charge on any atom is 0.0940 e. The van der Waals surface area contributed by atoms with E-state index >= 15 is 0 Å². The molecule has 0 fully saturated rings. The Bertz CT molecular complexity index is 702. The Kier molecular flexibility index (Phi) is 4.10. The number of nitrogens with zero attached hydrogens (tertiary/aromatic N) is 2. The van der Waals surface area contributed by atoms with Crippen LogP contribution in [-0.2, 0) is 6.42 Å². The molecule has 0 bridgehead atoms. The average Bonchev–Trinajstić information content (AvgIpc) is 3.06. The third-order valence-electron chi connectivity index (χ3n) is 3.28. The number of hydrogen-bond acceptors (Lipinski definition) is 5. The van der Waals surface area contributed by atoms with Crippen LogP contribution in [0.3, 0.4) is 0 Å². The molecule has 0 spiro atoms. The average molecular weight is 303 g/mol. The monoisotopic (exact) mass is 303 g/mol. The molecule has 1 unspecified atom stereocenters. The molecule has 5 heteroatoms. The molecule has 20 heavy (non-hydrogen) atoms. The lowest BCUT2D eigenvalue weighted by atomic mass is 10.1. The summed E-state index contributed by atoms with van der Waals surface area (Å²) in [7, 11) is 0. The van der Waals surface area contributed by atoms with Crippen molar-refractivity contribution in [2.45, 2.75) is 26.3 Å². The van der Waals surface area contributed by atoms with Gasteiger partial charge in [0.2, 0.25) is 0 Å². The number of pyridine rings is 1. The number of aromatic nitrogens is 2. The molecule has 1 atom stereocenters. The highest BCUT2D eigenvalue weighted by atomic mass is 32.1. The molecule has 3 aromatic heterocycles. The molecule has 0 saturated carbocycles. The van der Waals surface area contributed by atoms with Crippen molar-refractivity contribution in [3.8, 4) is 0 Å². The lowest BCUT2D eigenvalue weighted by Gasteiger charge is -2.13. The van der Waals surface area contributed by atoms with Crippen molar-refractivity contribution in [2.75, 3.05) is 6.54 Å². The standard InChI is InChI=1S/C15H17N3S2/c1-10-9-20-15(18-10)3-5-16-11(2)12-7-14-13(17-8-12)4-6-19-14/h4,6-9,11,16H,3,5H2,1-2H3. The predicted molar refractivity (Wildman–Crippen MR) is 86.6 cm³/mol. The summed E-state index contributed by atoms with van der Waals surface area (Å²) in [5, 5.41) is 8.94. The van der Waals surface area contributed by atoms with E-state index in [0.717, 1.165) is 24.2 Å². The molecule has 0 radical (unpaired) electrons. The first-order valence-electron chi connectivity index (χ1n) is 6.70. The molecular formula is C15H17N3S2. The molecular weight excluding hydrogens is 286 g/mol. The summed E-state index contributed by atoms with van der Waals surface area (Å²) in [5.74, 6) is 0. The summed E-state index contributed by atoms with van der Waals surface area (Å²) in [5.41, 5.74) is 3.45. The van der Waals surface area contributed by atoms with Gasteiger partial charge in [-0.25, -0.2) is 4.98 Å². The van der Waals surface area contributed by atoms with Crippen LogP contribution in [0.15, 0.2) is 29.1 Å². The van der Waals surface area contributed by atoms with Crippen molar-refractivity contribution in [3.05, 3.63) is 45.4 Å². The first-order chi connectivity index (χ1) is 9.72. The van der Waals surface area contributed by atoms with Crippen LogP contribution in [0, 0.1) is 6.92 Å². The van der Waals surface area contributed by atoms with E-state index < -0.39 is 0 Å². The van der Waals surface area contributed by atoms with E-state index in [-0.39, 0.29) is 0 Å². The highest BCUT2D eigenvalue weighted by Crippen LogP contribution is 2.22. The van der Waals surface area contributed by atoms with Gasteiger partial charge in [-0.2, -0.15) is 0 Å². The lowest BCUT2D eigenvalue weighted by Crippen LogP contribution is -2.21. The van der Waals surface area contributed by atoms with Gasteiger partial charge in [-0.05, 0) is 36.9 Å². The number of nitrogens with one attached hydrogen (secondary N) is 1. The molecule has 3 heterocycles. The van der Waals surface area contributed by atoms with Crippen LogP contribution in [0.2, 0.25) is 0 Å². The van der Waals surface area contributed by atoms with Crippen molar-refractivity contribution >= 4 is 32.9 Å². The number of fused-ring (bicyclic) bond motifs is 1. The highest BCUT2D eigenvalue weighted by molar-refractivity contribution is 7.17. The Hall–Kier alpha value is -1.30. The van der Waals surface area contributed by atoms with Crippen molar-refractivity contribution < 1.29 is 0 Å². The fourth-order valence-electron chi connectivity index (χ4n) is 2.13. The molecule has 0 aliphatic rings. The topological polar surface area (TPSA) is 37.8 Å². The first-order valence-corrected chi connectivity index (χ1v) is 8.46. The molecule has 104 valence electrons. The van der Waals surface area contributed by atoms with Gasteiger partial charge in [0, 0.05) is 36.3 Å². The number of hydrogen-bond donors (Lipinski definition) is 1. The lowest BCUT2D eigenvalue weighted by molar-refractivity contribution is 0.575. The van der Waals surface area contributed by atoms with E-state index in [4.69, 9.17) is 0 Å². The van der Waals surface area contributed by atoms with Crippen LogP contribution < -0.4 is 5.32 Å². The smallest absolute Gasteiger partial charge is 0.0940 e. The van der Waals surface area contributed by atoms with Gasteiger partial charge in [-0.1, -0.05) is 0 Å². The minimum atomic E-state index is 0.315. The summed E-state index contributed by atoms with van der Waals surface area (Å²) in [6.45, 7) is 5.16. The zero-order valence-electron chi connectivity index (χ0n) is 11.6. The maximum absolute atomic E-state index is 4.49. The predicted octanol–water partition coefficient (Wildman–Crippen LogP) is 3.95. The van der Waals surface area contributed by atoms with E-state index in [0.29, 0.717) is 6.04 Å². The van der Waals surface area contributed by atoms with Crippen LogP contribution >= 0.6 is 22.7 Å². The van der Waals surface area contributed by atoms with E-state index in [1.54, 1.807) is 22.7 Å². The molecule has 1 N–H and O–H groups in total. The van der Waals surface area contributed by atoms with Crippen LogP contribution in [-0.4, -0.2) is 16.5 Å². The third-order valence-corrected chi connectivity index (χ3v) is 5.16. The van der Waals surface area contributed by atoms with Crippen LogP contribution in [0.4, 0.5) is 0 Å². The van der Waals surface area contributed by atoms with Crippen molar-refractivity contribution in [1.82, 2.24) is 15.3 Å². The second-order valence-corrected chi connectivity index (χ2v) is 6.77. The highest BCUT2D eigenvalue weighted by Gasteiger charge is 2.07. The van der Waals surface area contributed by atoms with Crippen molar-refractivity contribution in [2.24, 2.45) is 0 Å². The zero-order valence-corrected chi connectivity index (χ0v) is 13.2. The summed E-state index contributed by atoms with van der Waals surface area (Å²) < 4.78 is 1.26. The molecule has 0 aliphatic heterocycles. The summed E-state index contributed by atoms with van der Waals surface area (Å²) in [4.78, 5) is 8.97.